The SMILES string of the molecule is CCOc1ccc(C[C@H]2COC(=O)[C@@H]2Cc2ccc(OCc3ccccc3)c(OC)c2)cc1OCC. The summed E-state index contributed by atoms with van der Waals surface area (Å²) in [5, 5.41) is 0. The molecule has 0 saturated carbocycles. The highest BCUT2D eigenvalue weighted by molar-refractivity contribution is 5.75. The number of rotatable bonds is 12. The summed E-state index contributed by atoms with van der Waals surface area (Å²) in [7, 11) is 1.63. The Morgan fingerprint density at radius 2 is 1.39 bits per heavy atom. The largest absolute Gasteiger partial charge is 0.493 e. The van der Waals surface area contributed by atoms with Gasteiger partial charge >= 0.3 is 5.97 Å². The zero-order valence-electron chi connectivity index (χ0n) is 21.2. The molecule has 0 aromatic heterocycles. The van der Waals surface area contributed by atoms with E-state index in [-0.39, 0.29) is 17.8 Å². The maximum absolute atomic E-state index is 12.6. The molecule has 3 aromatic rings. The second kappa shape index (κ2) is 12.3. The number of esters is 1. The van der Waals surface area contributed by atoms with Crippen LogP contribution in [0.4, 0.5) is 0 Å². The lowest BCUT2D eigenvalue weighted by Gasteiger charge is -2.18. The fourth-order valence-corrected chi connectivity index (χ4v) is 4.53. The van der Waals surface area contributed by atoms with Crippen LogP contribution < -0.4 is 18.9 Å². The molecule has 1 fully saturated rings. The van der Waals surface area contributed by atoms with Crippen molar-refractivity contribution < 1.29 is 28.5 Å². The molecule has 1 saturated heterocycles. The summed E-state index contributed by atoms with van der Waals surface area (Å²) in [5.41, 5.74) is 3.19. The van der Waals surface area contributed by atoms with Gasteiger partial charge in [-0.1, -0.05) is 42.5 Å². The molecule has 0 bridgehead atoms. The minimum atomic E-state index is -0.229. The van der Waals surface area contributed by atoms with Gasteiger partial charge in [-0.2, -0.15) is 0 Å². The maximum atomic E-state index is 12.6. The number of carbonyl (C=O) groups is 1. The monoisotopic (exact) mass is 490 g/mol. The lowest BCUT2D eigenvalue weighted by molar-refractivity contribution is -0.141. The third-order valence-electron chi connectivity index (χ3n) is 6.34. The lowest BCUT2D eigenvalue weighted by atomic mass is 9.85. The Balaban J connectivity index is 1.45. The van der Waals surface area contributed by atoms with E-state index in [9.17, 15) is 4.79 Å². The van der Waals surface area contributed by atoms with E-state index in [0.717, 1.165) is 34.6 Å². The van der Waals surface area contributed by atoms with E-state index in [2.05, 4.69) is 0 Å². The molecule has 6 heteroatoms. The number of ether oxygens (including phenoxy) is 5. The van der Waals surface area contributed by atoms with Crippen molar-refractivity contribution in [3.8, 4) is 23.0 Å². The van der Waals surface area contributed by atoms with E-state index in [1.54, 1.807) is 7.11 Å². The molecule has 2 atom stereocenters. The summed E-state index contributed by atoms with van der Waals surface area (Å²) >= 11 is 0. The molecule has 0 spiro atoms. The van der Waals surface area contributed by atoms with Crippen molar-refractivity contribution in [1.29, 1.82) is 0 Å². The molecule has 190 valence electrons. The minimum absolute atomic E-state index is 0.0740. The Morgan fingerprint density at radius 1 is 0.750 bits per heavy atom. The zero-order valence-corrected chi connectivity index (χ0v) is 21.2. The van der Waals surface area contributed by atoms with E-state index in [1.807, 2.05) is 80.6 Å². The first-order valence-electron chi connectivity index (χ1n) is 12.5. The number of benzene rings is 3. The first-order valence-corrected chi connectivity index (χ1v) is 12.5. The van der Waals surface area contributed by atoms with E-state index in [0.29, 0.717) is 44.3 Å². The van der Waals surface area contributed by atoms with Gasteiger partial charge in [0.1, 0.15) is 6.61 Å². The molecule has 1 aliphatic heterocycles. The molecule has 36 heavy (non-hydrogen) atoms. The summed E-state index contributed by atoms with van der Waals surface area (Å²) in [6.45, 7) is 5.91. The predicted molar refractivity (Wildman–Crippen MR) is 138 cm³/mol. The van der Waals surface area contributed by atoms with E-state index in [4.69, 9.17) is 23.7 Å². The van der Waals surface area contributed by atoms with Crippen LogP contribution in [-0.2, 0) is 29.0 Å². The van der Waals surface area contributed by atoms with Gasteiger partial charge in [0.05, 0.1) is 32.8 Å². The highest BCUT2D eigenvalue weighted by Crippen LogP contribution is 2.35. The Labute approximate surface area is 213 Å². The highest BCUT2D eigenvalue weighted by atomic mass is 16.5. The maximum Gasteiger partial charge on any atom is 0.309 e. The topological polar surface area (TPSA) is 63.2 Å². The van der Waals surface area contributed by atoms with Crippen LogP contribution >= 0.6 is 0 Å². The Hall–Kier alpha value is -3.67. The van der Waals surface area contributed by atoms with E-state index in [1.165, 1.54) is 0 Å². The van der Waals surface area contributed by atoms with Crippen LogP contribution in [0.25, 0.3) is 0 Å². The normalized spacial score (nSPS) is 16.9. The molecule has 0 aliphatic carbocycles. The van der Waals surface area contributed by atoms with E-state index < -0.39 is 0 Å². The van der Waals surface area contributed by atoms with Crippen LogP contribution in [0.3, 0.4) is 0 Å². The standard InChI is InChI=1S/C30H34O6/c1-4-33-27-14-11-22(18-29(27)34-5-2)15-24-20-36-30(31)25(24)16-23-12-13-26(28(17-23)32-3)35-19-21-9-7-6-8-10-21/h6-14,17-18,24-25H,4-5,15-16,19-20H2,1-3H3/t24-,25+/m0/s1. The summed E-state index contributed by atoms with van der Waals surface area (Å²) in [6, 6.07) is 21.8. The quantitative estimate of drug-likeness (QED) is 0.306. The summed E-state index contributed by atoms with van der Waals surface area (Å²) in [6.07, 6.45) is 1.30. The van der Waals surface area contributed by atoms with Gasteiger partial charge < -0.3 is 23.7 Å². The van der Waals surface area contributed by atoms with Gasteiger partial charge in [0.25, 0.3) is 0 Å². The second-order valence-electron chi connectivity index (χ2n) is 8.81. The van der Waals surface area contributed by atoms with Crippen LogP contribution in [-0.4, -0.2) is 32.9 Å². The number of methoxy groups -OCH3 is 1. The van der Waals surface area contributed by atoms with Crippen LogP contribution in [0.1, 0.15) is 30.5 Å². The van der Waals surface area contributed by atoms with E-state index >= 15 is 0 Å². The molecule has 0 amide bonds. The average Bonchev–Trinajstić information content (AvgIpc) is 3.24. The van der Waals surface area contributed by atoms with Gasteiger partial charge in [-0.15, -0.1) is 0 Å². The first-order chi connectivity index (χ1) is 17.6. The Morgan fingerprint density at radius 3 is 2.08 bits per heavy atom. The van der Waals surface area contributed by atoms with Crippen LogP contribution in [0.15, 0.2) is 66.7 Å². The summed E-state index contributed by atoms with van der Waals surface area (Å²) < 4.78 is 28.5. The Bertz CT molecular complexity index is 1140. The van der Waals surface area contributed by atoms with Crippen molar-refractivity contribution in [2.24, 2.45) is 11.8 Å². The summed E-state index contributed by atoms with van der Waals surface area (Å²) in [5.74, 6) is 2.49. The fraction of sp³-hybridized carbons (Fsp3) is 0.367. The van der Waals surface area contributed by atoms with Gasteiger partial charge in [0.2, 0.25) is 0 Å². The number of cyclic esters (lactones) is 1. The zero-order chi connectivity index (χ0) is 25.3. The van der Waals surface area contributed by atoms with Gasteiger partial charge in [-0.3, -0.25) is 4.79 Å². The van der Waals surface area contributed by atoms with Crippen molar-refractivity contribution >= 4 is 5.97 Å². The third kappa shape index (κ3) is 6.30. The third-order valence-corrected chi connectivity index (χ3v) is 6.34. The first kappa shape index (κ1) is 25.4. The molecular formula is C30H34O6. The van der Waals surface area contributed by atoms with Gasteiger partial charge in [-0.05, 0) is 67.6 Å². The lowest BCUT2D eigenvalue weighted by Crippen LogP contribution is -2.20. The van der Waals surface area contributed by atoms with Crippen LogP contribution in [0, 0.1) is 11.8 Å². The van der Waals surface area contributed by atoms with Crippen molar-refractivity contribution in [1.82, 2.24) is 0 Å². The fourth-order valence-electron chi connectivity index (χ4n) is 4.53. The average molecular weight is 491 g/mol. The van der Waals surface area contributed by atoms with Crippen LogP contribution in [0.5, 0.6) is 23.0 Å². The molecule has 3 aromatic carbocycles. The molecule has 1 heterocycles. The smallest absolute Gasteiger partial charge is 0.309 e. The molecule has 4 rings (SSSR count). The van der Waals surface area contributed by atoms with Crippen molar-refractivity contribution in [3.05, 3.63) is 83.4 Å². The summed E-state index contributed by atoms with van der Waals surface area (Å²) in [4.78, 5) is 12.6. The van der Waals surface area contributed by atoms with Gasteiger partial charge in [-0.25, -0.2) is 0 Å². The minimum Gasteiger partial charge on any atom is -0.493 e. The van der Waals surface area contributed by atoms with Crippen molar-refractivity contribution in [2.75, 3.05) is 26.9 Å². The molecular weight excluding hydrogens is 456 g/mol. The number of carbonyl (C=O) groups excluding carboxylic acids is 1. The van der Waals surface area contributed by atoms with Crippen LogP contribution in [0.2, 0.25) is 0 Å². The molecule has 0 radical (unpaired) electrons. The Kier molecular flexibility index (Phi) is 8.71. The van der Waals surface area contributed by atoms with Gasteiger partial charge in [0.15, 0.2) is 23.0 Å². The van der Waals surface area contributed by atoms with Gasteiger partial charge in [0, 0.05) is 5.92 Å². The number of hydrogen-bond acceptors (Lipinski definition) is 6. The molecule has 1 aliphatic rings. The highest BCUT2D eigenvalue weighted by Gasteiger charge is 2.37. The number of hydrogen-bond donors (Lipinski definition) is 0. The van der Waals surface area contributed by atoms with Crippen molar-refractivity contribution in [3.63, 3.8) is 0 Å². The molecule has 0 unspecified atom stereocenters. The van der Waals surface area contributed by atoms with Crippen molar-refractivity contribution in [2.45, 2.75) is 33.3 Å². The second-order valence-corrected chi connectivity index (χ2v) is 8.81. The predicted octanol–water partition coefficient (Wildman–Crippen LogP) is 5.65. The molecule has 6 nitrogen and oxygen atoms in total. The molecule has 0 N–H and O–H groups in total.